The Balaban J connectivity index is 1.48. The third kappa shape index (κ3) is 2.50. The van der Waals surface area contributed by atoms with Gasteiger partial charge in [0.1, 0.15) is 0 Å². The molecular weight excluding hydrogens is 334 g/mol. The molecule has 5 rings (SSSR count). The standard InChI is InChI=1S/C24H34NO2/c1-23-10-8-17(26)14-16(23)15-20(27)22-18-6-7-21(25-12-4-3-5-13-25)24(18,2)11-9-19(22)23/h3-5,7,12-13,16-20,22,26-27H,6,8-11,14-15H2,1-2H3/q+1/t16?,17-,18-,19-,20-,22-,23-,24-/m0/s1. The zero-order valence-electron chi connectivity index (χ0n) is 16.7. The number of hydrogen-bond donors (Lipinski definition) is 2. The number of hydrogen-bond acceptors (Lipinski definition) is 2. The van der Waals surface area contributed by atoms with Gasteiger partial charge >= 0.3 is 0 Å². The van der Waals surface area contributed by atoms with Crippen molar-refractivity contribution in [2.24, 2.45) is 34.5 Å². The van der Waals surface area contributed by atoms with Gasteiger partial charge in [0.15, 0.2) is 18.1 Å². The molecule has 0 aromatic carbocycles. The van der Waals surface area contributed by atoms with Gasteiger partial charge in [-0.1, -0.05) is 13.0 Å². The summed E-state index contributed by atoms with van der Waals surface area (Å²) in [5.74, 6) is 2.03. The molecule has 4 aliphatic rings. The molecule has 0 bridgehead atoms. The Kier molecular flexibility index (Phi) is 4.07. The van der Waals surface area contributed by atoms with Crippen LogP contribution in [0.5, 0.6) is 0 Å². The molecule has 146 valence electrons. The van der Waals surface area contributed by atoms with Gasteiger partial charge in [-0.25, -0.2) is 0 Å². The molecule has 3 fully saturated rings. The molecule has 0 amide bonds. The zero-order chi connectivity index (χ0) is 18.8. The summed E-state index contributed by atoms with van der Waals surface area (Å²) in [6.07, 6.45) is 13.8. The lowest BCUT2D eigenvalue weighted by Crippen LogP contribution is -2.59. The number of allylic oxidation sites excluding steroid dienone is 2. The zero-order valence-corrected chi connectivity index (χ0v) is 16.7. The van der Waals surface area contributed by atoms with Crippen LogP contribution in [0.15, 0.2) is 36.7 Å². The molecule has 1 aromatic rings. The highest BCUT2D eigenvalue weighted by Crippen LogP contribution is 2.66. The molecule has 0 spiro atoms. The number of pyridine rings is 1. The van der Waals surface area contributed by atoms with Crippen molar-refractivity contribution in [2.75, 3.05) is 0 Å². The summed E-state index contributed by atoms with van der Waals surface area (Å²) in [7, 11) is 0. The molecule has 0 radical (unpaired) electrons. The van der Waals surface area contributed by atoms with Gasteiger partial charge in [-0.05, 0) is 87.0 Å². The highest BCUT2D eigenvalue weighted by atomic mass is 16.3. The van der Waals surface area contributed by atoms with Crippen LogP contribution in [0.25, 0.3) is 5.70 Å². The molecule has 0 saturated heterocycles. The first-order chi connectivity index (χ1) is 12.9. The molecule has 4 aliphatic carbocycles. The van der Waals surface area contributed by atoms with Gasteiger partial charge < -0.3 is 10.2 Å². The summed E-state index contributed by atoms with van der Waals surface area (Å²) < 4.78 is 2.30. The number of fused-ring (bicyclic) bond motifs is 5. The van der Waals surface area contributed by atoms with E-state index >= 15 is 0 Å². The molecule has 1 aromatic heterocycles. The minimum atomic E-state index is -0.212. The average Bonchev–Trinajstić information content (AvgIpc) is 3.01. The molecule has 3 nitrogen and oxygen atoms in total. The first-order valence-electron chi connectivity index (χ1n) is 11.0. The van der Waals surface area contributed by atoms with E-state index in [1.54, 1.807) is 0 Å². The topological polar surface area (TPSA) is 44.3 Å². The van der Waals surface area contributed by atoms with E-state index in [2.05, 4.69) is 55.1 Å². The molecule has 27 heavy (non-hydrogen) atoms. The lowest BCUT2D eigenvalue weighted by atomic mass is 9.44. The molecule has 8 atom stereocenters. The van der Waals surface area contributed by atoms with Crippen molar-refractivity contribution >= 4 is 5.70 Å². The molecule has 3 heteroatoms. The van der Waals surface area contributed by atoms with Crippen molar-refractivity contribution < 1.29 is 14.8 Å². The highest BCUT2D eigenvalue weighted by Gasteiger charge is 2.62. The Morgan fingerprint density at radius 3 is 2.52 bits per heavy atom. The fraction of sp³-hybridized carbons (Fsp3) is 0.708. The first kappa shape index (κ1) is 17.9. The molecule has 1 unspecified atom stereocenters. The molecule has 1 heterocycles. The van der Waals surface area contributed by atoms with Gasteiger partial charge in [0.2, 0.25) is 0 Å². The Morgan fingerprint density at radius 2 is 1.74 bits per heavy atom. The minimum absolute atomic E-state index is 0.157. The van der Waals surface area contributed by atoms with Crippen molar-refractivity contribution in [1.82, 2.24) is 0 Å². The van der Waals surface area contributed by atoms with Crippen LogP contribution in [0.3, 0.4) is 0 Å². The maximum Gasteiger partial charge on any atom is 0.189 e. The van der Waals surface area contributed by atoms with Crippen LogP contribution in [0.2, 0.25) is 0 Å². The fourth-order valence-corrected chi connectivity index (χ4v) is 7.71. The Labute approximate surface area is 163 Å². The third-order valence-electron chi connectivity index (χ3n) is 9.19. The second-order valence-electron chi connectivity index (χ2n) is 10.3. The summed E-state index contributed by atoms with van der Waals surface area (Å²) in [6, 6.07) is 6.29. The summed E-state index contributed by atoms with van der Waals surface area (Å²) in [5, 5.41) is 21.5. The van der Waals surface area contributed by atoms with Crippen molar-refractivity contribution in [3.05, 3.63) is 36.7 Å². The van der Waals surface area contributed by atoms with Crippen molar-refractivity contribution in [3.63, 3.8) is 0 Å². The SMILES string of the molecule is C[C@]12CC[C@H](O)CC1C[C@H](O)[C@@H]1[C@@H]2CC[C@]2(C)C([n+]3ccccc3)=CC[C@@H]12. The van der Waals surface area contributed by atoms with Gasteiger partial charge in [-0.15, -0.1) is 0 Å². The summed E-state index contributed by atoms with van der Waals surface area (Å²) in [5.41, 5.74) is 1.89. The van der Waals surface area contributed by atoms with Gasteiger partial charge in [0.25, 0.3) is 0 Å². The maximum atomic E-state index is 11.3. The normalized spacial score (nSPS) is 49.0. The van der Waals surface area contributed by atoms with E-state index in [1.165, 1.54) is 18.5 Å². The van der Waals surface area contributed by atoms with Gasteiger partial charge in [-0.2, -0.15) is 4.57 Å². The smallest absolute Gasteiger partial charge is 0.189 e. The first-order valence-corrected chi connectivity index (χ1v) is 11.0. The van der Waals surface area contributed by atoms with Gasteiger partial charge in [0.05, 0.1) is 17.6 Å². The molecule has 3 saturated carbocycles. The van der Waals surface area contributed by atoms with Crippen LogP contribution in [0.4, 0.5) is 0 Å². The van der Waals surface area contributed by atoms with Crippen LogP contribution in [0.1, 0.15) is 58.8 Å². The van der Waals surface area contributed by atoms with Crippen LogP contribution in [-0.4, -0.2) is 22.4 Å². The monoisotopic (exact) mass is 368 g/mol. The van der Waals surface area contributed by atoms with Crippen LogP contribution in [-0.2, 0) is 0 Å². The largest absolute Gasteiger partial charge is 0.393 e. The third-order valence-corrected chi connectivity index (χ3v) is 9.19. The van der Waals surface area contributed by atoms with Crippen LogP contribution >= 0.6 is 0 Å². The van der Waals surface area contributed by atoms with Gasteiger partial charge in [-0.3, -0.25) is 0 Å². The summed E-state index contributed by atoms with van der Waals surface area (Å²) >= 11 is 0. The Morgan fingerprint density at radius 1 is 0.963 bits per heavy atom. The van der Waals surface area contributed by atoms with Crippen LogP contribution in [0, 0.1) is 34.5 Å². The van der Waals surface area contributed by atoms with E-state index in [0.717, 1.165) is 32.1 Å². The quantitative estimate of drug-likeness (QED) is 0.741. The van der Waals surface area contributed by atoms with E-state index in [4.69, 9.17) is 0 Å². The second-order valence-corrected chi connectivity index (χ2v) is 10.3. The molecule has 2 N–H and O–H groups in total. The van der Waals surface area contributed by atoms with Crippen molar-refractivity contribution in [2.45, 2.75) is 71.0 Å². The number of nitrogens with zero attached hydrogens (tertiary/aromatic N) is 1. The van der Waals surface area contributed by atoms with E-state index < -0.39 is 0 Å². The predicted molar refractivity (Wildman–Crippen MR) is 105 cm³/mol. The minimum Gasteiger partial charge on any atom is -0.393 e. The Hall–Kier alpha value is -1.19. The number of rotatable bonds is 1. The maximum absolute atomic E-state index is 11.3. The van der Waals surface area contributed by atoms with E-state index in [1.807, 2.05) is 0 Å². The number of aromatic nitrogens is 1. The number of aliphatic hydroxyl groups is 2. The van der Waals surface area contributed by atoms with Gasteiger partial charge in [0, 0.05) is 12.1 Å². The van der Waals surface area contributed by atoms with Crippen LogP contribution < -0.4 is 4.57 Å². The Bertz CT molecular complexity index is 746. The molecular formula is C24H34NO2+. The highest BCUT2D eigenvalue weighted by molar-refractivity contribution is 5.48. The van der Waals surface area contributed by atoms with E-state index in [9.17, 15) is 10.2 Å². The average molecular weight is 369 g/mol. The number of aliphatic hydroxyl groups excluding tert-OH is 2. The lowest BCUT2D eigenvalue weighted by molar-refractivity contribution is -0.590. The second kappa shape index (κ2) is 6.15. The summed E-state index contributed by atoms with van der Waals surface area (Å²) in [6.45, 7) is 4.92. The lowest BCUT2D eigenvalue weighted by Gasteiger charge is -2.61. The van der Waals surface area contributed by atoms with Crippen molar-refractivity contribution in [1.29, 1.82) is 0 Å². The molecule has 0 aliphatic heterocycles. The predicted octanol–water partition coefficient (Wildman–Crippen LogP) is 3.80. The van der Waals surface area contributed by atoms with Crippen molar-refractivity contribution in [3.8, 4) is 0 Å². The fourth-order valence-electron chi connectivity index (χ4n) is 7.71. The van der Waals surface area contributed by atoms with E-state index in [-0.39, 0.29) is 17.6 Å². The van der Waals surface area contributed by atoms with E-state index in [0.29, 0.717) is 29.1 Å². The summed E-state index contributed by atoms with van der Waals surface area (Å²) in [4.78, 5) is 0.